The number of piperazine rings is 1. The highest BCUT2D eigenvalue weighted by molar-refractivity contribution is 14.0. The molecule has 0 saturated carbocycles. The maximum atomic E-state index is 5.50. The topological polar surface area (TPSA) is 55.8 Å². The summed E-state index contributed by atoms with van der Waals surface area (Å²) in [6.45, 7) is 12.6. The number of aliphatic imine (C=N–C) groups is 1. The molecule has 0 aliphatic carbocycles. The highest BCUT2D eigenvalue weighted by Gasteiger charge is 2.30. The van der Waals surface area contributed by atoms with Crippen LogP contribution in [0.25, 0.3) is 0 Å². The second-order valence-corrected chi connectivity index (χ2v) is 8.89. The molecule has 8 nitrogen and oxygen atoms in total. The quantitative estimate of drug-likeness (QED) is 0.232. The number of anilines is 1. The Balaban J connectivity index is 0.00000306. The highest BCUT2D eigenvalue weighted by atomic mass is 127. The molecule has 3 aliphatic heterocycles. The van der Waals surface area contributed by atoms with Gasteiger partial charge in [-0.1, -0.05) is 0 Å². The molecular weight excluding hydrogens is 531 g/mol. The lowest BCUT2D eigenvalue weighted by molar-refractivity contribution is 0.0195. The summed E-state index contributed by atoms with van der Waals surface area (Å²) < 4.78 is 10.8. The molecule has 3 fully saturated rings. The van der Waals surface area contributed by atoms with E-state index in [0.29, 0.717) is 6.04 Å². The minimum absolute atomic E-state index is 0. The first kappa shape index (κ1) is 26.3. The van der Waals surface area contributed by atoms with Crippen molar-refractivity contribution in [3.05, 3.63) is 24.3 Å². The second kappa shape index (κ2) is 13.6. The number of hydrogen-bond acceptors (Lipinski definition) is 6. The van der Waals surface area contributed by atoms with E-state index in [9.17, 15) is 0 Å². The van der Waals surface area contributed by atoms with Crippen LogP contribution in [0, 0.1) is 0 Å². The van der Waals surface area contributed by atoms with Gasteiger partial charge in [0.1, 0.15) is 5.75 Å². The zero-order valence-electron chi connectivity index (χ0n) is 20.2. The third kappa shape index (κ3) is 7.34. The Morgan fingerprint density at radius 2 is 1.79 bits per heavy atom. The maximum Gasteiger partial charge on any atom is 0.193 e. The molecule has 1 aromatic rings. The number of nitrogens with one attached hydrogen (secondary N) is 1. The van der Waals surface area contributed by atoms with Gasteiger partial charge in [-0.15, -0.1) is 24.0 Å². The summed E-state index contributed by atoms with van der Waals surface area (Å²) in [6.07, 6.45) is 2.36. The van der Waals surface area contributed by atoms with Gasteiger partial charge in [0.25, 0.3) is 0 Å². The van der Waals surface area contributed by atoms with Gasteiger partial charge in [-0.2, -0.15) is 0 Å². The summed E-state index contributed by atoms with van der Waals surface area (Å²) in [5.74, 6) is 1.98. The molecule has 0 radical (unpaired) electrons. The molecule has 1 atom stereocenters. The standard InChI is InChI=1S/C24H40N6O2.HI/c1-25-24(30-11-8-22(20-30)29-16-18-32-19-17-29)26-9-3-10-27-12-14-28(15-13-27)21-4-6-23(31-2)7-5-21;/h4-7,22H,3,8-20H2,1-2H3,(H,25,26);1H. The van der Waals surface area contributed by atoms with Gasteiger partial charge in [0.2, 0.25) is 0 Å². The van der Waals surface area contributed by atoms with Crippen molar-refractivity contribution in [2.45, 2.75) is 18.9 Å². The summed E-state index contributed by atoms with van der Waals surface area (Å²) in [5.41, 5.74) is 1.29. The van der Waals surface area contributed by atoms with E-state index in [2.05, 4.69) is 42.0 Å². The minimum atomic E-state index is 0. The fraction of sp³-hybridized carbons (Fsp3) is 0.708. The lowest BCUT2D eigenvalue weighted by Gasteiger charge is -2.36. The Morgan fingerprint density at radius 1 is 1.06 bits per heavy atom. The summed E-state index contributed by atoms with van der Waals surface area (Å²) in [4.78, 5) is 14.6. The van der Waals surface area contributed by atoms with E-state index in [1.54, 1.807) is 7.11 Å². The summed E-state index contributed by atoms with van der Waals surface area (Å²) in [6, 6.07) is 9.05. The van der Waals surface area contributed by atoms with Crippen molar-refractivity contribution in [3.8, 4) is 5.75 Å². The van der Waals surface area contributed by atoms with Crippen molar-refractivity contribution < 1.29 is 9.47 Å². The number of likely N-dealkylation sites (tertiary alicyclic amines) is 1. The SMILES string of the molecule is CN=C(NCCCN1CCN(c2ccc(OC)cc2)CC1)N1CCC(N2CCOCC2)C1.I. The van der Waals surface area contributed by atoms with Gasteiger partial charge < -0.3 is 24.6 Å². The fourth-order valence-corrected chi connectivity index (χ4v) is 5.03. The molecule has 3 saturated heterocycles. The molecular formula is C24H41IN6O2. The molecule has 33 heavy (non-hydrogen) atoms. The summed E-state index contributed by atoms with van der Waals surface area (Å²) >= 11 is 0. The summed E-state index contributed by atoms with van der Waals surface area (Å²) in [7, 11) is 3.62. The van der Waals surface area contributed by atoms with Crippen LogP contribution in [-0.4, -0.2) is 120 Å². The van der Waals surface area contributed by atoms with E-state index in [-0.39, 0.29) is 24.0 Å². The highest BCUT2D eigenvalue weighted by Crippen LogP contribution is 2.20. The molecule has 1 N–H and O–H groups in total. The molecule has 3 heterocycles. The van der Waals surface area contributed by atoms with E-state index >= 15 is 0 Å². The Labute approximate surface area is 216 Å². The van der Waals surface area contributed by atoms with Gasteiger partial charge >= 0.3 is 0 Å². The minimum Gasteiger partial charge on any atom is -0.497 e. The van der Waals surface area contributed by atoms with E-state index in [4.69, 9.17) is 9.47 Å². The zero-order valence-corrected chi connectivity index (χ0v) is 22.6. The van der Waals surface area contributed by atoms with E-state index in [0.717, 1.165) is 96.8 Å². The van der Waals surface area contributed by atoms with Gasteiger partial charge in [-0.3, -0.25) is 14.8 Å². The van der Waals surface area contributed by atoms with Crippen LogP contribution in [0.15, 0.2) is 29.3 Å². The number of halogens is 1. The van der Waals surface area contributed by atoms with Crippen molar-refractivity contribution in [3.63, 3.8) is 0 Å². The molecule has 9 heteroatoms. The Bertz CT molecular complexity index is 720. The van der Waals surface area contributed by atoms with Crippen molar-refractivity contribution in [2.24, 2.45) is 4.99 Å². The molecule has 186 valence electrons. The molecule has 0 bridgehead atoms. The van der Waals surface area contributed by atoms with Gasteiger partial charge in [0.15, 0.2) is 5.96 Å². The Kier molecular flexibility index (Phi) is 10.8. The normalized spacial score (nSPS) is 22.8. The predicted octanol–water partition coefficient (Wildman–Crippen LogP) is 1.81. The van der Waals surface area contributed by atoms with Crippen LogP contribution in [-0.2, 0) is 4.74 Å². The number of nitrogens with zero attached hydrogens (tertiary/aromatic N) is 5. The van der Waals surface area contributed by atoms with Gasteiger partial charge in [0.05, 0.1) is 20.3 Å². The third-order valence-electron chi connectivity index (χ3n) is 6.98. The van der Waals surface area contributed by atoms with Crippen LogP contribution in [0.4, 0.5) is 5.69 Å². The molecule has 0 aromatic heterocycles. The molecule has 1 unspecified atom stereocenters. The van der Waals surface area contributed by atoms with E-state index < -0.39 is 0 Å². The van der Waals surface area contributed by atoms with Crippen molar-refractivity contribution in [1.29, 1.82) is 0 Å². The second-order valence-electron chi connectivity index (χ2n) is 8.89. The third-order valence-corrected chi connectivity index (χ3v) is 6.98. The fourth-order valence-electron chi connectivity index (χ4n) is 5.03. The molecule has 3 aliphatic rings. The van der Waals surface area contributed by atoms with Crippen LogP contribution < -0.4 is 15.0 Å². The number of ether oxygens (including phenoxy) is 2. The first-order valence-electron chi connectivity index (χ1n) is 12.2. The molecule has 1 aromatic carbocycles. The van der Waals surface area contributed by atoms with Gasteiger partial charge in [0, 0.05) is 77.7 Å². The monoisotopic (exact) mass is 572 g/mol. The van der Waals surface area contributed by atoms with E-state index in [1.165, 1.54) is 12.1 Å². The first-order chi connectivity index (χ1) is 15.8. The van der Waals surface area contributed by atoms with Crippen molar-refractivity contribution in [2.75, 3.05) is 97.7 Å². The number of benzene rings is 1. The number of hydrogen-bond donors (Lipinski definition) is 1. The van der Waals surface area contributed by atoms with E-state index in [1.807, 2.05) is 19.2 Å². The Hall–Kier alpha value is -1.30. The van der Waals surface area contributed by atoms with Gasteiger partial charge in [-0.25, -0.2) is 0 Å². The predicted molar refractivity (Wildman–Crippen MR) is 145 cm³/mol. The lowest BCUT2D eigenvalue weighted by Crippen LogP contribution is -2.48. The lowest BCUT2D eigenvalue weighted by atomic mass is 10.2. The Morgan fingerprint density at radius 3 is 2.45 bits per heavy atom. The van der Waals surface area contributed by atoms with Gasteiger partial charge in [-0.05, 0) is 43.7 Å². The smallest absolute Gasteiger partial charge is 0.193 e. The van der Waals surface area contributed by atoms with Crippen LogP contribution in [0.5, 0.6) is 5.75 Å². The van der Waals surface area contributed by atoms with Crippen molar-refractivity contribution in [1.82, 2.24) is 20.0 Å². The molecule has 0 spiro atoms. The van der Waals surface area contributed by atoms with Crippen LogP contribution in [0.2, 0.25) is 0 Å². The molecule has 4 rings (SSSR count). The molecule has 0 amide bonds. The first-order valence-corrected chi connectivity index (χ1v) is 12.2. The number of rotatable bonds is 7. The number of morpholine rings is 1. The van der Waals surface area contributed by atoms with Crippen LogP contribution in [0.1, 0.15) is 12.8 Å². The average Bonchev–Trinajstić information content (AvgIpc) is 3.35. The number of methoxy groups -OCH3 is 1. The number of guanidine groups is 1. The zero-order chi connectivity index (χ0) is 22.2. The van der Waals surface area contributed by atoms with Crippen LogP contribution >= 0.6 is 24.0 Å². The van der Waals surface area contributed by atoms with Crippen molar-refractivity contribution >= 4 is 35.6 Å². The maximum absolute atomic E-state index is 5.50. The van der Waals surface area contributed by atoms with Crippen LogP contribution in [0.3, 0.4) is 0 Å². The average molecular weight is 573 g/mol. The summed E-state index contributed by atoms with van der Waals surface area (Å²) in [5, 5.41) is 3.60. The largest absolute Gasteiger partial charge is 0.497 e.